The lowest BCUT2D eigenvalue weighted by atomic mass is 10.1. The molecule has 1 atom stereocenters. The van der Waals surface area contributed by atoms with E-state index in [0.29, 0.717) is 13.1 Å². The summed E-state index contributed by atoms with van der Waals surface area (Å²) in [5, 5.41) is 0. The highest BCUT2D eigenvalue weighted by Crippen LogP contribution is 2.22. The smallest absolute Gasteiger partial charge is 0.239 e. The first-order chi connectivity index (χ1) is 8.08. The first-order valence-corrected chi connectivity index (χ1v) is 7.06. The van der Waals surface area contributed by atoms with Crippen LogP contribution >= 0.6 is 22.9 Å². The van der Waals surface area contributed by atoms with Crippen LogP contribution in [-0.2, 0) is 11.3 Å². The molecule has 0 bridgehead atoms. The van der Waals surface area contributed by atoms with Crippen LogP contribution in [0.3, 0.4) is 0 Å². The SMILES string of the molecule is CCCC(N)C(=O)N(CC)Cc1ccc(Cl)s1. The second kappa shape index (κ2) is 6.99. The number of hydrogen-bond donors (Lipinski definition) is 1. The minimum absolute atomic E-state index is 0.0267. The quantitative estimate of drug-likeness (QED) is 0.867. The van der Waals surface area contributed by atoms with Crippen LogP contribution in [0.15, 0.2) is 12.1 Å². The number of carbonyl (C=O) groups excluding carboxylic acids is 1. The van der Waals surface area contributed by atoms with Crippen molar-refractivity contribution in [3.8, 4) is 0 Å². The zero-order valence-corrected chi connectivity index (χ0v) is 11.9. The van der Waals surface area contributed by atoms with Crippen molar-refractivity contribution in [1.29, 1.82) is 0 Å². The Bertz CT molecular complexity index is 367. The molecule has 1 heterocycles. The Morgan fingerprint density at radius 3 is 2.71 bits per heavy atom. The molecule has 1 amide bonds. The molecule has 0 fully saturated rings. The third-order valence-electron chi connectivity index (χ3n) is 2.59. The van der Waals surface area contributed by atoms with Crippen LogP contribution < -0.4 is 5.73 Å². The summed E-state index contributed by atoms with van der Waals surface area (Å²) in [6.07, 6.45) is 1.66. The molecule has 0 aromatic carbocycles. The van der Waals surface area contributed by atoms with Crippen molar-refractivity contribution >= 4 is 28.8 Å². The maximum atomic E-state index is 12.0. The van der Waals surface area contributed by atoms with E-state index in [0.717, 1.165) is 22.1 Å². The van der Waals surface area contributed by atoms with E-state index in [1.807, 2.05) is 26.0 Å². The second-order valence-electron chi connectivity index (χ2n) is 3.95. The summed E-state index contributed by atoms with van der Waals surface area (Å²) in [6, 6.07) is 3.43. The van der Waals surface area contributed by atoms with Gasteiger partial charge in [0.2, 0.25) is 5.91 Å². The number of rotatable bonds is 6. The van der Waals surface area contributed by atoms with Crippen LogP contribution in [0.4, 0.5) is 0 Å². The van der Waals surface area contributed by atoms with Crippen LogP contribution in [0, 0.1) is 0 Å². The summed E-state index contributed by atoms with van der Waals surface area (Å²) in [6.45, 7) is 5.27. The third kappa shape index (κ3) is 4.30. The summed E-state index contributed by atoms with van der Waals surface area (Å²) in [7, 11) is 0. The summed E-state index contributed by atoms with van der Waals surface area (Å²) in [5.41, 5.74) is 5.85. The van der Waals surface area contributed by atoms with Gasteiger partial charge >= 0.3 is 0 Å². The second-order valence-corrected chi connectivity index (χ2v) is 5.75. The minimum Gasteiger partial charge on any atom is -0.336 e. The van der Waals surface area contributed by atoms with Gasteiger partial charge in [0.15, 0.2) is 0 Å². The maximum absolute atomic E-state index is 12.0. The van der Waals surface area contributed by atoms with Gasteiger partial charge in [0.25, 0.3) is 0 Å². The predicted molar refractivity (Wildman–Crippen MR) is 73.3 cm³/mol. The Labute approximate surface area is 112 Å². The lowest BCUT2D eigenvalue weighted by molar-refractivity contribution is -0.133. The molecule has 1 aromatic heterocycles. The van der Waals surface area contributed by atoms with Crippen LogP contribution in [0.2, 0.25) is 4.34 Å². The van der Waals surface area contributed by atoms with Gasteiger partial charge in [0.05, 0.1) is 16.9 Å². The fourth-order valence-corrected chi connectivity index (χ4v) is 2.74. The van der Waals surface area contributed by atoms with E-state index >= 15 is 0 Å². The summed E-state index contributed by atoms with van der Waals surface area (Å²) in [5.74, 6) is 0.0267. The highest BCUT2D eigenvalue weighted by atomic mass is 35.5. The van der Waals surface area contributed by atoms with Crippen molar-refractivity contribution in [3.05, 3.63) is 21.3 Å². The molecule has 3 nitrogen and oxygen atoms in total. The molecule has 0 spiro atoms. The zero-order valence-electron chi connectivity index (χ0n) is 10.3. The number of nitrogens with two attached hydrogens (primary N) is 1. The van der Waals surface area contributed by atoms with E-state index in [2.05, 4.69) is 0 Å². The molecule has 0 aliphatic carbocycles. The van der Waals surface area contributed by atoms with E-state index < -0.39 is 0 Å². The van der Waals surface area contributed by atoms with Crippen LogP contribution in [0.1, 0.15) is 31.6 Å². The van der Waals surface area contributed by atoms with Gasteiger partial charge in [-0.2, -0.15) is 0 Å². The summed E-state index contributed by atoms with van der Waals surface area (Å²) < 4.78 is 0.751. The molecular formula is C12H19ClN2OS. The summed E-state index contributed by atoms with van der Waals surface area (Å²) >= 11 is 7.37. The fraction of sp³-hybridized carbons (Fsp3) is 0.583. The molecule has 5 heteroatoms. The third-order valence-corrected chi connectivity index (χ3v) is 3.80. The van der Waals surface area contributed by atoms with Crippen molar-refractivity contribution < 1.29 is 4.79 Å². The first kappa shape index (κ1) is 14.5. The average molecular weight is 275 g/mol. The van der Waals surface area contributed by atoms with Gasteiger partial charge in [-0.1, -0.05) is 24.9 Å². The van der Waals surface area contributed by atoms with Crippen molar-refractivity contribution in [2.24, 2.45) is 5.73 Å². The normalized spacial score (nSPS) is 12.5. The van der Waals surface area contributed by atoms with Crippen molar-refractivity contribution in [2.45, 2.75) is 39.3 Å². The zero-order chi connectivity index (χ0) is 12.8. The summed E-state index contributed by atoms with van der Waals surface area (Å²) in [4.78, 5) is 14.9. The molecule has 0 aliphatic rings. The Morgan fingerprint density at radius 1 is 1.53 bits per heavy atom. The molecule has 1 rings (SSSR count). The Kier molecular flexibility index (Phi) is 5.95. The van der Waals surface area contributed by atoms with Crippen LogP contribution in [-0.4, -0.2) is 23.4 Å². The molecule has 1 unspecified atom stereocenters. The monoisotopic (exact) mass is 274 g/mol. The molecule has 2 N–H and O–H groups in total. The van der Waals surface area contributed by atoms with Crippen molar-refractivity contribution in [3.63, 3.8) is 0 Å². The molecular weight excluding hydrogens is 256 g/mol. The van der Waals surface area contributed by atoms with Gasteiger partial charge in [0, 0.05) is 11.4 Å². The average Bonchev–Trinajstić information content (AvgIpc) is 2.71. The van der Waals surface area contributed by atoms with Gasteiger partial charge in [-0.15, -0.1) is 11.3 Å². The number of thiophene rings is 1. The highest BCUT2D eigenvalue weighted by Gasteiger charge is 2.19. The van der Waals surface area contributed by atoms with Gasteiger partial charge in [-0.05, 0) is 25.5 Å². The molecule has 96 valence electrons. The largest absolute Gasteiger partial charge is 0.336 e. The molecule has 0 aliphatic heterocycles. The maximum Gasteiger partial charge on any atom is 0.239 e. The van der Waals surface area contributed by atoms with E-state index in [-0.39, 0.29) is 11.9 Å². The van der Waals surface area contributed by atoms with Gasteiger partial charge < -0.3 is 10.6 Å². The molecule has 0 saturated carbocycles. The van der Waals surface area contributed by atoms with Gasteiger partial charge in [-0.3, -0.25) is 4.79 Å². The standard InChI is InChI=1S/C12H19ClN2OS/c1-3-5-10(14)12(16)15(4-2)8-9-6-7-11(13)17-9/h6-7,10H,3-5,8,14H2,1-2H3. The fourth-order valence-electron chi connectivity index (χ4n) is 1.64. The number of amides is 1. The lowest BCUT2D eigenvalue weighted by Gasteiger charge is -2.23. The number of halogens is 1. The van der Waals surface area contributed by atoms with Crippen molar-refractivity contribution in [1.82, 2.24) is 4.90 Å². The number of hydrogen-bond acceptors (Lipinski definition) is 3. The Balaban J connectivity index is 2.62. The first-order valence-electron chi connectivity index (χ1n) is 5.87. The van der Waals surface area contributed by atoms with E-state index in [9.17, 15) is 4.79 Å². The van der Waals surface area contributed by atoms with Crippen LogP contribution in [0.25, 0.3) is 0 Å². The molecule has 0 saturated heterocycles. The molecule has 1 aromatic rings. The topological polar surface area (TPSA) is 46.3 Å². The number of likely N-dealkylation sites (N-methyl/N-ethyl adjacent to an activating group) is 1. The Hall–Kier alpha value is -0.580. The van der Waals surface area contributed by atoms with E-state index in [1.165, 1.54) is 11.3 Å². The molecule has 17 heavy (non-hydrogen) atoms. The van der Waals surface area contributed by atoms with Crippen molar-refractivity contribution in [2.75, 3.05) is 6.54 Å². The minimum atomic E-state index is -0.379. The number of nitrogens with zero attached hydrogens (tertiary/aromatic N) is 1. The van der Waals surface area contributed by atoms with Gasteiger partial charge in [-0.25, -0.2) is 0 Å². The van der Waals surface area contributed by atoms with Gasteiger partial charge in [0.1, 0.15) is 0 Å². The lowest BCUT2D eigenvalue weighted by Crippen LogP contribution is -2.43. The van der Waals surface area contributed by atoms with Crippen LogP contribution in [0.5, 0.6) is 0 Å². The van der Waals surface area contributed by atoms with E-state index in [4.69, 9.17) is 17.3 Å². The Morgan fingerprint density at radius 2 is 2.24 bits per heavy atom. The predicted octanol–water partition coefficient (Wildman–Crippen LogP) is 2.88. The number of carbonyl (C=O) groups is 1. The molecule has 0 radical (unpaired) electrons. The highest BCUT2D eigenvalue weighted by molar-refractivity contribution is 7.16. The van der Waals surface area contributed by atoms with E-state index in [1.54, 1.807) is 4.90 Å².